The van der Waals surface area contributed by atoms with Crippen LogP contribution in [0.5, 0.6) is 0 Å². The summed E-state index contributed by atoms with van der Waals surface area (Å²) in [5, 5.41) is 5.86. The lowest BCUT2D eigenvalue weighted by atomic mass is 10.2. The quantitative estimate of drug-likeness (QED) is 0.507. The van der Waals surface area contributed by atoms with E-state index < -0.39 is 0 Å². The zero-order valence-electron chi connectivity index (χ0n) is 6.05. The normalized spacial score (nSPS) is 42.7. The Kier molecular flexibility index (Phi) is 1.20. The molecule has 2 aliphatic rings. The summed E-state index contributed by atoms with van der Waals surface area (Å²) < 4.78 is 0. The number of hydrogen-bond donors (Lipinski definition) is 2. The smallest absolute Gasteiger partial charge is 0.237 e. The van der Waals surface area contributed by atoms with E-state index in [1.165, 1.54) is 6.42 Å². The molecule has 3 nitrogen and oxygen atoms in total. The maximum Gasteiger partial charge on any atom is 0.237 e. The molecular weight excluding hydrogens is 128 g/mol. The van der Waals surface area contributed by atoms with E-state index >= 15 is 0 Å². The predicted molar refractivity (Wildman–Crippen MR) is 37.5 cm³/mol. The summed E-state index contributed by atoms with van der Waals surface area (Å²) in [4.78, 5) is 11.1. The van der Waals surface area contributed by atoms with Crippen LogP contribution < -0.4 is 10.6 Å². The Balaban J connectivity index is 1.98. The third-order valence-electron chi connectivity index (χ3n) is 2.53. The summed E-state index contributed by atoms with van der Waals surface area (Å²) in [5.74, 6) is 1.62. The molecular formula is C7H12N2O. The first-order valence-corrected chi connectivity index (χ1v) is 3.78. The van der Waals surface area contributed by atoms with Crippen LogP contribution in [-0.4, -0.2) is 25.5 Å². The summed E-state index contributed by atoms with van der Waals surface area (Å²) in [7, 11) is 1.69. The first-order valence-electron chi connectivity index (χ1n) is 3.78. The van der Waals surface area contributed by atoms with Crippen LogP contribution in [0.15, 0.2) is 0 Å². The minimum absolute atomic E-state index is 0.120. The zero-order valence-corrected chi connectivity index (χ0v) is 6.05. The maximum atomic E-state index is 11.1. The van der Waals surface area contributed by atoms with Crippen LogP contribution in [0.25, 0.3) is 0 Å². The average molecular weight is 140 g/mol. The molecule has 1 saturated carbocycles. The number of amides is 1. The number of likely N-dealkylation sites (N-methyl/N-ethyl adjacent to an activating group) is 1. The van der Waals surface area contributed by atoms with Crippen molar-refractivity contribution in [2.24, 2.45) is 11.8 Å². The molecule has 1 saturated heterocycles. The van der Waals surface area contributed by atoms with E-state index in [1.54, 1.807) is 7.05 Å². The second-order valence-corrected chi connectivity index (χ2v) is 3.16. The summed E-state index contributed by atoms with van der Waals surface area (Å²) in [6.07, 6.45) is 1.26. The van der Waals surface area contributed by atoms with Crippen molar-refractivity contribution < 1.29 is 4.79 Å². The summed E-state index contributed by atoms with van der Waals surface area (Å²) in [5.41, 5.74) is 0. The van der Waals surface area contributed by atoms with Crippen LogP contribution in [-0.2, 0) is 4.79 Å². The predicted octanol–water partition coefficient (Wildman–Crippen LogP) is -0.660. The molecule has 1 aliphatic carbocycles. The van der Waals surface area contributed by atoms with E-state index in [4.69, 9.17) is 0 Å². The molecule has 0 bridgehead atoms. The Labute approximate surface area is 60.2 Å². The van der Waals surface area contributed by atoms with Crippen molar-refractivity contribution in [2.45, 2.75) is 12.5 Å². The molecule has 0 aromatic heterocycles. The SMILES string of the molecule is CNC(=O)[C@@H]1NC[C@H]2C[C@H]21. The van der Waals surface area contributed by atoms with E-state index in [0.29, 0.717) is 5.92 Å². The highest BCUT2D eigenvalue weighted by atomic mass is 16.2. The van der Waals surface area contributed by atoms with Crippen molar-refractivity contribution in [2.75, 3.05) is 13.6 Å². The fourth-order valence-electron chi connectivity index (χ4n) is 1.79. The third-order valence-corrected chi connectivity index (χ3v) is 2.53. The van der Waals surface area contributed by atoms with E-state index in [1.807, 2.05) is 0 Å². The van der Waals surface area contributed by atoms with Gasteiger partial charge in [-0.15, -0.1) is 0 Å². The van der Waals surface area contributed by atoms with Crippen molar-refractivity contribution in [3.8, 4) is 0 Å². The number of piperidine rings is 1. The van der Waals surface area contributed by atoms with Gasteiger partial charge in [-0.3, -0.25) is 4.79 Å². The number of hydrogen-bond acceptors (Lipinski definition) is 2. The van der Waals surface area contributed by atoms with Crippen molar-refractivity contribution in [3.63, 3.8) is 0 Å². The van der Waals surface area contributed by atoms with Gasteiger partial charge in [0.15, 0.2) is 0 Å². The van der Waals surface area contributed by atoms with Gasteiger partial charge < -0.3 is 10.6 Å². The minimum atomic E-state index is 0.120. The van der Waals surface area contributed by atoms with Crippen LogP contribution in [0.2, 0.25) is 0 Å². The van der Waals surface area contributed by atoms with Gasteiger partial charge in [0.25, 0.3) is 0 Å². The van der Waals surface area contributed by atoms with E-state index in [0.717, 1.165) is 12.5 Å². The fraction of sp³-hybridized carbons (Fsp3) is 0.857. The lowest BCUT2D eigenvalue weighted by Crippen LogP contribution is -2.41. The largest absolute Gasteiger partial charge is 0.358 e. The number of fused-ring (bicyclic) bond motifs is 1. The van der Waals surface area contributed by atoms with Crippen LogP contribution in [0.3, 0.4) is 0 Å². The molecule has 2 N–H and O–H groups in total. The molecule has 2 rings (SSSR count). The molecule has 2 fully saturated rings. The fourth-order valence-corrected chi connectivity index (χ4v) is 1.79. The summed E-state index contributed by atoms with van der Waals surface area (Å²) in [6, 6.07) is 0.120. The van der Waals surface area contributed by atoms with E-state index in [9.17, 15) is 4.79 Å². The van der Waals surface area contributed by atoms with Gasteiger partial charge in [0.1, 0.15) is 0 Å². The first kappa shape index (κ1) is 6.16. The van der Waals surface area contributed by atoms with Gasteiger partial charge in [0, 0.05) is 7.05 Å². The Morgan fingerprint density at radius 3 is 2.90 bits per heavy atom. The molecule has 1 heterocycles. The highest BCUT2D eigenvalue weighted by Gasteiger charge is 2.50. The number of nitrogens with one attached hydrogen (secondary N) is 2. The van der Waals surface area contributed by atoms with Crippen molar-refractivity contribution in [3.05, 3.63) is 0 Å². The molecule has 1 amide bonds. The molecule has 56 valence electrons. The minimum Gasteiger partial charge on any atom is -0.358 e. The van der Waals surface area contributed by atoms with Crippen molar-refractivity contribution >= 4 is 5.91 Å². The second kappa shape index (κ2) is 1.95. The topological polar surface area (TPSA) is 41.1 Å². The van der Waals surface area contributed by atoms with Crippen LogP contribution in [0.4, 0.5) is 0 Å². The zero-order chi connectivity index (χ0) is 7.14. The molecule has 0 aromatic carbocycles. The average Bonchev–Trinajstić information content (AvgIpc) is 2.62. The molecule has 0 spiro atoms. The molecule has 1 aliphatic heterocycles. The van der Waals surface area contributed by atoms with Gasteiger partial charge in [-0.1, -0.05) is 0 Å². The van der Waals surface area contributed by atoms with Crippen LogP contribution in [0.1, 0.15) is 6.42 Å². The highest BCUT2D eigenvalue weighted by molar-refractivity contribution is 5.82. The van der Waals surface area contributed by atoms with E-state index in [-0.39, 0.29) is 11.9 Å². The Bertz CT molecular complexity index is 169. The number of rotatable bonds is 1. The van der Waals surface area contributed by atoms with E-state index in [2.05, 4.69) is 10.6 Å². The monoisotopic (exact) mass is 140 g/mol. The number of carbonyl (C=O) groups excluding carboxylic acids is 1. The van der Waals surface area contributed by atoms with Gasteiger partial charge in [-0.05, 0) is 24.8 Å². The standard InChI is InChI=1S/C7H12N2O/c1-8-7(10)6-5-2-4(5)3-9-6/h4-6,9H,2-3H2,1H3,(H,8,10)/t4-,5-,6-/m1/s1. The summed E-state index contributed by atoms with van der Waals surface area (Å²) in [6.45, 7) is 1.04. The van der Waals surface area contributed by atoms with Gasteiger partial charge in [-0.2, -0.15) is 0 Å². The van der Waals surface area contributed by atoms with Crippen LogP contribution in [0, 0.1) is 11.8 Å². The van der Waals surface area contributed by atoms with Gasteiger partial charge in [0.05, 0.1) is 6.04 Å². The van der Waals surface area contributed by atoms with Gasteiger partial charge in [-0.25, -0.2) is 0 Å². The second-order valence-electron chi connectivity index (χ2n) is 3.16. The molecule has 3 atom stereocenters. The molecule has 0 radical (unpaired) electrons. The summed E-state index contributed by atoms with van der Waals surface area (Å²) >= 11 is 0. The lowest BCUT2D eigenvalue weighted by Gasteiger charge is -2.09. The van der Waals surface area contributed by atoms with Gasteiger partial charge in [0.2, 0.25) is 5.91 Å². The van der Waals surface area contributed by atoms with Crippen molar-refractivity contribution in [1.29, 1.82) is 0 Å². The first-order chi connectivity index (χ1) is 4.83. The Morgan fingerprint density at radius 1 is 1.70 bits per heavy atom. The number of carbonyl (C=O) groups is 1. The molecule has 0 aromatic rings. The highest BCUT2D eigenvalue weighted by Crippen LogP contribution is 2.44. The Morgan fingerprint density at radius 2 is 2.50 bits per heavy atom. The lowest BCUT2D eigenvalue weighted by molar-refractivity contribution is -0.122. The Hall–Kier alpha value is -0.570. The maximum absolute atomic E-state index is 11.1. The molecule has 3 heteroatoms. The van der Waals surface area contributed by atoms with Crippen molar-refractivity contribution in [1.82, 2.24) is 10.6 Å². The molecule has 10 heavy (non-hydrogen) atoms. The van der Waals surface area contributed by atoms with Gasteiger partial charge >= 0.3 is 0 Å². The third kappa shape index (κ3) is 0.736. The van der Waals surface area contributed by atoms with Crippen LogP contribution >= 0.6 is 0 Å². The molecule has 0 unspecified atom stereocenters.